The van der Waals surface area contributed by atoms with Crippen molar-refractivity contribution in [3.05, 3.63) is 95.4 Å². The van der Waals surface area contributed by atoms with Crippen molar-refractivity contribution in [2.75, 3.05) is 56.2 Å². The molecule has 2 aromatic heterocycles. The molecule has 50 heavy (non-hydrogen) atoms. The van der Waals surface area contributed by atoms with E-state index in [0.29, 0.717) is 67.6 Å². The van der Waals surface area contributed by atoms with E-state index in [1.807, 2.05) is 24.1 Å². The highest BCUT2D eigenvalue weighted by Gasteiger charge is 2.60. The topological polar surface area (TPSA) is 138 Å². The first-order chi connectivity index (χ1) is 24.1. The van der Waals surface area contributed by atoms with E-state index in [1.165, 1.54) is 44.7 Å². The van der Waals surface area contributed by atoms with Crippen LogP contribution in [0.5, 0.6) is 17.2 Å². The van der Waals surface area contributed by atoms with E-state index >= 15 is 4.79 Å². The van der Waals surface area contributed by atoms with Gasteiger partial charge in [0.15, 0.2) is 10.6 Å². The number of aromatic nitrogens is 2. The molecule has 2 aromatic carbocycles. The number of sulfonamides is 1. The molecule has 1 atom stereocenters. The zero-order valence-electron chi connectivity index (χ0n) is 28.8. The lowest BCUT2D eigenvalue weighted by molar-refractivity contribution is -0.126. The van der Waals surface area contributed by atoms with Crippen LogP contribution in [0.1, 0.15) is 55.5 Å². The van der Waals surface area contributed by atoms with E-state index in [9.17, 15) is 13.7 Å². The Kier molecular flexibility index (Phi) is 9.69. The van der Waals surface area contributed by atoms with Crippen molar-refractivity contribution in [3.8, 4) is 23.3 Å². The molecule has 0 bridgehead atoms. The number of hydrogen-bond acceptors (Lipinski definition) is 11. The number of hydrogen-bond donors (Lipinski definition) is 0. The molecule has 1 amide bonds. The number of benzene rings is 2. The molecule has 2 aliphatic heterocycles. The van der Waals surface area contributed by atoms with Crippen LogP contribution in [0.15, 0.2) is 78.1 Å². The second-order valence-electron chi connectivity index (χ2n) is 12.4. The smallest absolute Gasteiger partial charge is 0.288 e. The fourth-order valence-corrected chi connectivity index (χ4v) is 8.19. The van der Waals surface area contributed by atoms with E-state index in [1.54, 1.807) is 24.3 Å². The van der Waals surface area contributed by atoms with E-state index in [-0.39, 0.29) is 22.2 Å². The Bertz CT molecular complexity index is 2050. The van der Waals surface area contributed by atoms with Crippen LogP contribution in [0, 0.1) is 11.3 Å². The van der Waals surface area contributed by atoms with Gasteiger partial charge in [-0.05, 0) is 79.9 Å². The lowest BCUT2D eigenvalue weighted by Crippen LogP contribution is -2.56. The molecule has 12 nitrogen and oxygen atoms in total. The van der Waals surface area contributed by atoms with Crippen LogP contribution in [0.4, 0.5) is 11.4 Å². The Balaban J connectivity index is 1.58. The largest absolute Gasteiger partial charge is 0.497 e. The molecule has 0 radical (unpaired) electrons. The van der Waals surface area contributed by atoms with E-state index < -0.39 is 21.5 Å². The van der Waals surface area contributed by atoms with Gasteiger partial charge >= 0.3 is 0 Å². The van der Waals surface area contributed by atoms with Gasteiger partial charge in [-0.25, -0.2) is 4.98 Å². The zero-order chi connectivity index (χ0) is 35.6. The number of rotatable bonds is 10. The third kappa shape index (κ3) is 5.88. The molecule has 1 unspecified atom stereocenters. The molecule has 1 saturated heterocycles. The van der Waals surface area contributed by atoms with Gasteiger partial charge < -0.3 is 19.1 Å². The molecule has 4 heterocycles. The number of amides is 1. The van der Waals surface area contributed by atoms with Gasteiger partial charge in [0.2, 0.25) is 0 Å². The zero-order valence-corrected chi connectivity index (χ0v) is 29.6. The Labute approximate surface area is 292 Å². The summed E-state index contributed by atoms with van der Waals surface area (Å²) < 4.78 is 46.9. The number of carbonyl (C=O) groups is 1. The highest BCUT2D eigenvalue weighted by Crippen LogP contribution is 2.53. The lowest BCUT2D eigenvalue weighted by Gasteiger charge is -2.41. The van der Waals surface area contributed by atoms with Crippen molar-refractivity contribution in [1.29, 1.82) is 5.26 Å². The molecule has 0 N–H and O–H groups in total. The number of pyridine rings is 2. The van der Waals surface area contributed by atoms with Gasteiger partial charge in [0.25, 0.3) is 15.9 Å². The first-order valence-electron chi connectivity index (χ1n) is 16.5. The number of ether oxygens (including phenoxy) is 3. The van der Waals surface area contributed by atoms with Crippen LogP contribution < -0.4 is 23.4 Å². The van der Waals surface area contributed by atoms with Gasteiger partial charge in [-0.3, -0.25) is 14.7 Å². The summed E-state index contributed by atoms with van der Waals surface area (Å²) in [6.07, 6.45) is 3.76. The highest BCUT2D eigenvalue weighted by atomic mass is 32.2. The van der Waals surface area contributed by atoms with Crippen LogP contribution in [0.2, 0.25) is 0 Å². The maximum atomic E-state index is 15.5. The molecule has 0 saturated carbocycles. The maximum Gasteiger partial charge on any atom is 0.288 e. The maximum absolute atomic E-state index is 15.5. The molecule has 4 aromatic rings. The van der Waals surface area contributed by atoms with Gasteiger partial charge in [-0.1, -0.05) is 13.8 Å². The normalized spacial score (nSPS) is 18.1. The van der Waals surface area contributed by atoms with Crippen LogP contribution in [0.25, 0.3) is 0 Å². The summed E-state index contributed by atoms with van der Waals surface area (Å²) in [5.41, 5.74) is 1.46. The van der Waals surface area contributed by atoms with Crippen molar-refractivity contribution in [1.82, 2.24) is 14.9 Å². The monoisotopic (exact) mass is 696 g/mol. The minimum absolute atomic E-state index is 0.133. The van der Waals surface area contributed by atoms with Crippen molar-refractivity contribution in [2.24, 2.45) is 0 Å². The number of nitriles is 1. The first-order valence-corrected chi connectivity index (χ1v) is 18.0. The van der Waals surface area contributed by atoms with Crippen LogP contribution >= 0.6 is 0 Å². The molecule has 0 spiro atoms. The van der Waals surface area contributed by atoms with Gasteiger partial charge in [-0.15, -0.1) is 0 Å². The molecule has 2 aliphatic rings. The average molecular weight is 697 g/mol. The summed E-state index contributed by atoms with van der Waals surface area (Å²) in [4.78, 5) is 28.5. The summed E-state index contributed by atoms with van der Waals surface area (Å²) in [5.74, 6) is 0.747. The summed E-state index contributed by atoms with van der Waals surface area (Å²) >= 11 is 0. The van der Waals surface area contributed by atoms with Gasteiger partial charge in [-0.2, -0.15) is 18.0 Å². The molecule has 1 fully saturated rings. The van der Waals surface area contributed by atoms with Gasteiger partial charge in [0.1, 0.15) is 17.2 Å². The number of carbonyl (C=O) groups excluding carboxylic acids is 1. The predicted molar refractivity (Wildman–Crippen MR) is 188 cm³/mol. The van der Waals surface area contributed by atoms with E-state index in [4.69, 9.17) is 14.2 Å². The van der Waals surface area contributed by atoms with Crippen molar-refractivity contribution >= 4 is 27.3 Å². The second kappa shape index (κ2) is 14.0. The number of fused-ring (bicyclic) bond motifs is 1. The number of methoxy groups -OCH3 is 2. The molecule has 260 valence electrons. The van der Waals surface area contributed by atoms with E-state index in [0.717, 1.165) is 15.7 Å². The van der Waals surface area contributed by atoms with Crippen LogP contribution in [0.3, 0.4) is 0 Å². The van der Waals surface area contributed by atoms with Crippen molar-refractivity contribution in [2.45, 2.75) is 43.7 Å². The first kappa shape index (κ1) is 34.7. The summed E-state index contributed by atoms with van der Waals surface area (Å²) in [7, 11) is -1.58. The number of nitrogens with zero attached hydrogens (tertiary/aromatic N) is 6. The summed E-state index contributed by atoms with van der Waals surface area (Å²) in [6.45, 7) is 8.37. The fraction of sp³-hybridized carbons (Fsp3) is 0.351. The predicted octanol–water partition coefficient (Wildman–Crippen LogP) is 5.08. The standard InChI is InChI=1S/C37H40N6O6S/c1-6-49-34-12-9-28(47-4)22-31(34)37(42-17-7-16-41(18-19-42)27-14-15-39-32(21-27)25(2)3)30-20-26(23-38)8-11-33(30)43(36(37)44)50(45,46)35-13-10-29(48-5)24-40-35/h8-15,20-22,24-25H,6-7,16-19H2,1-5H3. The van der Waals surface area contributed by atoms with Crippen LogP contribution in [-0.4, -0.2) is 76.2 Å². The minimum Gasteiger partial charge on any atom is -0.497 e. The Hall–Kier alpha value is -5.19. The van der Waals surface area contributed by atoms with E-state index in [2.05, 4.69) is 40.9 Å². The summed E-state index contributed by atoms with van der Waals surface area (Å²) in [5, 5.41) is 9.74. The lowest BCUT2D eigenvalue weighted by atomic mass is 9.80. The highest BCUT2D eigenvalue weighted by molar-refractivity contribution is 7.93. The van der Waals surface area contributed by atoms with Gasteiger partial charge in [0, 0.05) is 54.9 Å². The second-order valence-corrected chi connectivity index (χ2v) is 14.1. The molecular formula is C37H40N6O6S. The third-order valence-corrected chi connectivity index (χ3v) is 10.9. The number of anilines is 2. The molecule has 6 rings (SSSR count). The minimum atomic E-state index is -4.56. The van der Waals surface area contributed by atoms with Gasteiger partial charge in [0.05, 0.1) is 44.3 Å². The van der Waals surface area contributed by atoms with Crippen LogP contribution in [-0.2, 0) is 20.4 Å². The third-order valence-electron chi connectivity index (χ3n) is 9.25. The molecule has 0 aliphatic carbocycles. The fourth-order valence-electron chi connectivity index (χ4n) is 6.81. The quantitative estimate of drug-likeness (QED) is 0.220. The SMILES string of the molecule is CCOc1ccc(OC)cc1C1(N2CCCN(c3ccnc(C(C)C)c3)CC2)C(=O)N(S(=O)(=O)c2ccc(OC)cn2)c2ccc(C#N)cc21. The van der Waals surface area contributed by atoms with Crippen molar-refractivity contribution in [3.63, 3.8) is 0 Å². The Morgan fingerprint density at radius 1 is 0.920 bits per heavy atom. The molecular weight excluding hydrogens is 657 g/mol. The Morgan fingerprint density at radius 2 is 1.70 bits per heavy atom. The Morgan fingerprint density at radius 3 is 2.38 bits per heavy atom. The van der Waals surface area contributed by atoms with Crippen molar-refractivity contribution < 1.29 is 27.4 Å². The summed E-state index contributed by atoms with van der Waals surface area (Å²) in [6, 6.07) is 18.9. The average Bonchev–Trinajstić information content (AvgIpc) is 3.24. The molecule has 13 heteroatoms.